The lowest BCUT2D eigenvalue weighted by molar-refractivity contribution is 0.561. The molecule has 1 saturated heterocycles. The molecule has 1 aliphatic rings. The molecule has 128 valence electrons. The molecule has 0 spiro atoms. The molecule has 0 aliphatic carbocycles. The first kappa shape index (κ1) is 15.6. The minimum atomic E-state index is -0.438. The molecular weight excluding hydrogens is 326 g/mol. The first-order valence-corrected chi connectivity index (χ1v) is 8.04. The summed E-state index contributed by atoms with van der Waals surface area (Å²) >= 11 is 0. The molecular formula is C17H16F2N6. The van der Waals surface area contributed by atoms with Crippen LogP contribution in [-0.2, 0) is 7.05 Å². The second-order valence-corrected chi connectivity index (χ2v) is 6.01. The van der Waals surface area contributed by atoms with E-state index in [1.165, 1.54) is 12.1 Å². The van der Waals surface area contributed by atoms with E-state index < -0.39 is 11.6 Å². The van der Waals surface area contributed by atoms with Crippen molar-refractivity contribution in [2.45, 2.75) is 18.9 Å². The number of nitrogens with zero attached hydrogens (tertiary/aromatic N) is 6. The maximum atomic E-state index is 14.3. The summed E-state index contributed by atoms with van der Waals surface area (Å²) in [6.07, 6.45) is 3.29. The van der Waals surface area contributed by atoms with Gasteiger partial charge in [0.05, 0.1) is 11.7 Å². The van der Waals surface area contributed by atoms with Crippen LogP contribution in [0.15, 0.2) is 36.5 Å². The van der Waals surface area contributed by atoms with Crippen LogP contribution in [-0.4, -0.2) is 31.7 Å². The summed E-state index contributed by atoms with van der Waals surface area (Å²) in [5.41, 5.74) is 1.80. The van der Waals surface area contributed by atoms with Crippen LogP contribution in [0.1, 0.15) is 24.4 Å². The number of halogens is 2. The van der Waals surface area contributed by atoms with Crippen molar-refractivity contribution in [2.24, 2.45) is 7.05 Å². The standard InChI is InChI=1S/C17H16F2N6/c1-24-17(21-22-23-24)16-15(4-2-8-20-16)25-9-3-5-14(25)12-10-11(18)6-7-13(12)19/h2,4,6-8,10,14H,3,5,9H2,1H3. The van der Waals surface area contributed by atoms with E-state index >= 15 is 0 Å². The number of benzene rings is 1. The summed E-state index contributed by atoms with van der Waals surface area (Å²) < 4.78 is 29.5. The van der Waals surface area contributed by atoms with E-state index in [1.54, 1.807) is 17.9 Å². The minimum absolute atomic E-state index is 0.250. The number of pyridine rings is 1. The highest BCUT2D eigenvalue weighted by Crippen LogP contribution is 2.40. The van der Waals surface area contributed by atoms with Gasteiger partial charge in [-0.25, -0.2) is 13.5 Å². The molecule has 2 aromatic heterocycles. The Morgan fingerprint density at radius 3 is 2.88 bits per heavy atom. The van der Waals surface area contributed by atoms with Gasteiger partial charge in [0.2, 0.25) is 5.82 Å². The van der Waals surface area contributed by atoms with Crippen LogP contribution < -0.4 is 4.90 Å². The van der Waals surface area contributed by atoms with Gasteiger partial charge in [-0.3, -0.25) is 4.98 Å². The number of aromatic nitrogens is 5. The molecule has 1 aromatic carbocycles. The highest BCUT2D eigenvalue weighted by atomic mass is 19.1. The molecule has 3 aromatic rings. The van der Waals surface area contributed by atoms with E-state index in [4.69, 9.17) is 0 Å². The maximum Gasteiger partial charge on any atom is 0.202 e. The van der Waals surface area contributed by atoms with Crippen molar-refractivity contribution in [2.75, 3.05) is 11.4 Å². The molecule has 0 saturated carbocycles. The number of anilines is 1. The lowest BCUT2D eigenvalue weighted by Gasteiger charge is -2.28. The predicted octanol–water partition coefficient (Wildman–Crippen LogP) is 2.89. The van der Waals surface area contributed by atoms with Crippen LogP contribution in [0, 0.1) is 11.6 Å². The van der Waals surface area contributed by atoms with Crippen molar-refractivity contribution in [1.82, 2.24) is 25.2 Å². The average molecular weight is 342 g/mol. The normalized spacial score (nSPS) is 17.2. The number of rotatable bonds is 3. The minimum Gasteiger partial charge on any atom is -0.363 e. The Labute approximate surface area is 143 Å². The number of hydrogen-bond donors (Lipinski definition) is 0. The Morgan fingerprint density at radius 2 is 2.08 bits per heavy atom. The molecule has 1 unspecified atom stereocenters. The van der Waals surface area contributed by atoms with Crippen LogP contribution in [0.5, 0.6) is 0 Å². The Hall–Kier alpha value is -2.90. The summed E-state index contributed by atoms with van der Waals surface area (Å²) in [7, 11) is 1.74. The first-order valence-electron chi connectivity index (χ1n) is 8.04. The summed E-state index contributed by atoms with van der Waals surface area (Å²) in [6, 6.07) is 7.07. The molecule has 3 heterocycles. The van der Waals surface area contributed by atoms with Gasteiger partial charge in [0.25, 0.3) is 0 Å². The summed E-state index contributed by atoms with van der Waals surface area (Å²) in [5.74, 6) is -0.308. The molecule has 1 atom stereocenters. The van der Waals surface area contributed by atoms with Crippen LogP contribution in [0.3, 0.4) is 0 Å². The second-order valence-electron chi connectivity index (χ2n) is 6.01. The second kappa shape index (κ2) is 6.19. The van der Waals surface area contributed by atoms with Crippen molar-refractivity contribution in [1.29, 1.82) is 0 Å². The largest absolute Gasteiger partial charge is 0.363 e. The lowest BCUT2D eigenvalue weighted by Crippen LogP contribution is -2.24. The zero-order valence-electron chi connectivity index (χ0n) is 13.6. The van der Waals surface area contributed by atoms with Crippen molar-refractivity contribution in [3.8, 4) is 11.5 Å². The van der Waals surface area contributed by atoms with Gasteiger partial charge in [0.1, 0.15) is 17.3 Å². The van der Waals surface area contributed by atoms with Crippen molar-refractivity contribution in [3.63, 3.8) is 0 Å². The Morgan fingerprint density at radius 1 is 1.20 bits per heavy atom. The highest BCUT2D eigenvalue weighted by molar-refractivity contribution is 5.71. The van der Waals surface area contributed by atoms with E-state index in [0.717, 1.165) is 31.1 Å². The number of hydrogen-bond acceptors (Lipinski definition) is 5. The van der Waals surface area contributed by atoms with Gasteiger partial charge in [0.15, 0.2) is 0 Å². The van der Waals surface area contributed by atoms with Crippen LogP contribution in [0.2, 0.25) is 0 Å². The fourth-order valence-corrected chi connectivity index (χ4v) is 3.38. The number of tetrazole rings is 1. The third-order valence-electron chi connectivity index (χ3n) is 4.50. The monoisotopic (exact) mass is 342 g/mol. The van der Waals surface area contributed by atoms with Gasteiger partial charge < -0.3 is 4.90 Å². The molecule has 0 bridgehead atoms. The third kappa shape index (κ3) is 2.73. The fraction of sp³-hybridized carbons (Fsp3) is 0.294. The van der Waals surface area contributed by atoms with Crippen LogP contribution in [0.4, 0.5) is 14.5 Å². The quantitative estimate of drug-likeness (QED) is 0.732. The molecule has 1 fully saturated rings. The molecule has 25 heavy (non-hydrogen) atoms. The average Bonchev–Trinajstić information content (AvgIpc) is 3.26. The smallest absolute Gasteiger partial charge is 0.202 e. The topological polar surface area (TPSA) is 59.7 Å². The van der Waals surface area contributed by atoms with Gasteiger partial charge in [-0.05, 0) is 53.6 Å². The van der Waals surface area contributed by atoms with Gasteiger partial charge in [-0.1, -0.05) is 0 Å². The van der Waals surface area contributed by atoms with Crippen molar-refractivity contribution in [3.05, 3.63) is 53.7 Å². The van der Waals surface area contributed by atoms with E-state index in [2.05, 4.69) is 25.4 Å². The predicted molar refractivity (Wildman–Crippen MR) is 87.7 cm³/mol. The van der Waals surface area contributed by atoms with Crippen LogP contribution in [0.25, 0.3) is 11.5 Å². The molecule has 4 rings (SSSR count). The number of aryl methyl sites for hydroxylation is 1. The van der Waals surface area contributed by atoms with Gasteiger partial charge in [0, 0.05) is 25.4 Å². The lowest BCUT2D eigenvalue weighted by atomic mass is 10.0. The van der Waals surface area contributed by atoms with Crippen molar-refractivity contribution >= 4 is 5.69 Å². The van der Waals surface area contributed by atoms with Crippen molar-refractivity contribution < 1.29 is 8.78 Å². The zero-order chi connectivity index (χ0) is 17.4. The molecule has 0 amide bonds. The maximum absolute atomic E-state index is 14.3. The SMILES string of the molecule is Cn1nnnc1-c1ncccc1N1CCCC1c1cc(F)ccc1F. The van der Waals surface area contributed by atoms with Gasteiger partial charge in [-0.15, -0.1) is 5.10 Å². The zero-order valence-corrected chi connectivity index (χ0v) is 13.6. The highest BCUT2D eigenvalue weighted by Gasteiger charge is 2.31. The molecule has 6 nitrogen and oxygen atoms in total. The first-order chi connectivity index (χ1) is 12.1. The van der Waals surface area contributed by atoms with E-state index in [-0.39, 0.29) is 6.04 Å². The Bertz CT molecular complexity index is 910. The Kier molecular flexibility index (Phi) is 3.87. The van der Waals surface area contributed by atoms with E-state index in [1.807, 2.05) is 12.1 Å². The Balaban J connectivity index is 1.80. The van der Waals surface area contributed by atoms with E-state index in [0.29, 0.717) is 17.1 Å². The summed E-state index contributed by atoms with van der Waals surface area (Å²) in [6.45, 7) is 0.727. The molecule has 0 N–H and O–H groups in total. The third-order valence-corrected chi connectivity index (χ3v) is 4.50. The summed E-state index contributed by atoms with van der Waals surface area (Å²) in [5, 5.41) is 11.5. The summed E-state index contributed by atoms with van der Waals surface area (Å²) in [4.78, 5) is 6.47. The molecule has 0 radical (unpaired) electrons. The molecule has 8 heteroatoms. The van der Waals surface area contributed by atoms with Gasteiger partial charge >= 0.3 is 0 Å². The van der Waals surface area contributed by atoms with E-state index in [9.17, 15) is 8.78 Å². The van der Waals surface area contributed by atoms with Gasteiger partial charge in [-0.2, -0.15) is 0 Å². The molecule has 1 aliphatic heterocycles. The fourth-order valence-electron chi connectivity index (χ4n) is 3.38. The van der Waals surface area contributed by atoms with Crippen LogP contribution >= 0.6 is 0 Å².